The van der Waals surface area contributed by atoms with Crippen molar-refractivity contribution < 1.29 is 4.74 Å². The van der Waals surface area contributed by atoms with Gasteiger partial charge in [-0.05, 0) is 19.8 Å². The van der Waals surface area contributed by atoms with Gasteiger partial charge in [0, 0.05) is 45.7 Å². The fourth-order valence-corrected chi connectivity index (χ4v) is 2.17. The summed E-state index contributed by atoms with van der Waals surface area (Å²) in [5.41, 5.74) is 0. The van der Waals surface area contributed by atoms with Crippen molar-refractivity contribution in [3.8, 4) is 0 Å². The average Bonchev–Trinajstić information content (AvgIpc) is 3.06. The summed E-state index contributed by atoms with van der Waals surface area (Å²) in [6.07, 6.45) is 6.44. The molecule has 19 heavy (non-hydrogen) atoms. The zero-order valence-electron chi connectivity index (χ0n) is 11.7. The minimum absolute atomic E-state index is 0.328. The van der Waals surface area contributed by atoms with Crippen LogP contribution in [0.4, 0.5) is 0 Å². The van der Waals surface area contributed by atoms with Crippen LogP contribution in [0.3, 0.4) is 0 Å². The van der Waals surface area contributed by atoms with E-state index in [4.69, 9.17) is 4.74 Å². The monoisotopic (exact) mass is 265 g/mol. The number of aliphatic imine (C=N–C) groups is 1. The molecule has 1 aromatic heterocycles. The van der Waals surface area contributed by atoms with Gasteiger partial charge in [0.15, 0.2) is 5.96 Å². The summed E-state index contributed by atoms with van der Waals surface area (Å²) in [7, 11) is 1.79. The third kappa shape index (κ3) is 4.24. The first-order valence-corrected chi connectivity index (χ1v) is 6.83. The molecule has 1 unspecified atom stereocenters. The van der Waals surface area contributed by atoms with Gasteiger partial charge < -0.3 is 19.9 Å². The Labute approximate surface area is 114 Å². The summed E-state index contributed by atoms with van der Waals surface area (Å²) < 4.78 is 7.68. The molecule has 0 aliphatic carbocycles. The molecule has 106 valence electrons. The molecule has 1 aliphatic rings. The lowest BCUT2D eigenvalue weighted by Crippen LogP contribution is -2.42. The zero-order valence-corrected chi connectivity index (χ0v) is 11.7. The first-order chi connectivity index (χ1) is 9.29. The second-order valence-electron chi connectivity index (χ2n) is 4.68. The molecule has 1 aromatic rings. The fraction of sp³-hybridized carbons (Fsp3) is 0.692. The topological polar surface area (TPSA) is 63.5 Å². The molecule has 0 saturated carbocycles. The van der Waals surface area contributed by atoms with Crippen molar-refractivity contribution in [2.75, 3.05) is 26.7 Å². The minimum atomic E-state index is 0.328. The van der Waals surface area contributed by atoms with Crippen LogP contribution < -0.4 is 10.6 Å². The lowest BCUT2D eigenvalue weighted by Gasteiger charge is -2.15. The van der Waals surface area contributed by atoms with Gasteiger partial charge in [-0.2, -0.15) is 0 Å². The molecule has 2 rings (SSSR count). The van der Waals surface area contributed by atoms with E-state index in [1.54, 1.807) is 7.05 Å². The number of hydrogen-bond acceptors (Lipinski definition) is 3. The predicted molar refractivity (Wildman–Crippen MR) is 75.3 cm³/mol. The van der Waals surface area contributed by atoms with Gasteiger partial charge in [0.05, 0.1) is 6.10 Å². The van der Waals surface area contributed by atoms with Crippen molar-refractivity contribution in [3.05, 3.63) is 18.2 Å². The van der Waals surface area contributed by atoms with E-state index in [0.717, 1.165) is 50.9 Å². The van der Waals surface area contributed by atoms with Gasteiger partial charge in [0.1, 0.15) is 5.82 Å². The standard InChI is InChI=1S/C13H23N5O/c1-11-15-5-7-18(11)8-6-16-13(14-2)17-10-12-4-3-9-19-12/h5,7,12H,3-4,6,8-10H2,1-2H3,(H2,14,16,17). The number of guanidine groups is 1. The summed E-state index contributed by atoms with van der Waals surface area (Å²) in [4.78, 5) is 8.40. The maximum Gasteiger partial charge on any atom is 0.191 e. The predicted octanol–water partition coefficient (Wildman–Crippen LogP) is 0.536. The van der Waals surface area contributed by atoms with Crippen LogP contribution in [0.1, 0.15) is 18.7 Å². The molecule has 2 N–H and O–H groups in total. The normalized spacial score (nSPS) is 19.7. The summed E-state index contributed by atoms with van der Waals surface area (Å²) in [6.45, 7) is 5.42. The smallest absolute Gasteiger partial charge is 0.191 e. The quantitative estimate of drug-likeness (QED) is 0.602. The van der Waals surface area contributed by atoms with Crippen molar-refractivity contribution >= 4 is 5.96 Å². The first kappa shape index (κ1) is 13.9. The molecule has 1 aliphatic heterocycles. The van der Waals surface area contributed by atoms with E-state index in [1.165, 1.54) is 0 Å². The van der Waals surface area contributed by atoms with Crippen LogP contribution in [0.25, 0.3) is 0 Å². The molecule has 6 heteroatoms. The highest BCUT2D eigenvalue weighted by Crippen LogP contribution is 2.10. The number of aryl methyl sites for hydroxylation is 1. The Kier molecular flexibility index (Phi) is 5.20. The fourth-order valence-electron chi connectivity index (χ4n) is 2.17. The lowest BCUT2D eigenvalue weighted by atomic mass is 10.2. The number of imidazole rings is 1. The van der Waals surface area contributed by atoms with Crippen LogP contribution in [0.15, 0.2) is 17.4 Å². The van der Waals surface area contributed by atoms with Crippen LogP contribution in [0.2, 0.25) is 0 Å². The summed E-state index contributed by atoms with van der Waals surface area (Å²) in [6, 6.07) is 0. The molecule has 6 nitrogen and oxygen atoms in total. The molecule has 0 radical (unpaired) electrons. The van der Waals surface area contributed by atoms with Gasteiger partial charge >= 0.3 is 0 Å². The molecule has 0 spiro atoms. The van der Waals surface area contributed by atoms with E-state index in [-0.39, 0.29) is 0 Å². The van der Waals surface area contributed by atoms with E-state index in [2.05, 4.69) is 25.2 Å². The molecule has 1 saturated heterocycles. The number of nitrogens with one attached hydrogen (secondary N) is 2. The number of rotatable bonds is 5. The molecule has 0 aromatic carbocycles. The summed E-state index contributed by atoms with van der Waals surface area (Å²) in [5.74, 6) is 1.86. The Balaban J connectivity index is 1.66. The maximum absolute atomic E-state index is 5.57. The van der Waals surface area contributed by atoms with Gasteiger partial charge in [0.25, 0.3) is 0 Å². The van der Waals surface area contributed by atoms with Crippen molar-refractivity contribution in [3.63, 3.8) is 0 Å². The third-order valence-electron chi connectivity index (χ3n) is 3.31. The van der Waals surface area contributed by atoms with E-state index < -0.39 is 0 Å². The minimum Gasteiger partial charge on any atom is -0.376 e. The lowest BCUT2D eigenvalue weighted by molar-refractivity contribution is 0.114. The van der Waals surface area contributed by atoms with Gasteiger partial charge in [-0.3, -0.25) is 4.99 Å². The SMILES string of the molecule is CN=C(NCCn1ccnc1C)NCC1CCCO1. The number of ether oxygens (including phenoxy) is 1. The Morgan fingerprint density at radius 2 is 2.47 bits per heavy atom. The second kappa shape index (κ2) is 7.13. The number of nitrogens with zero attached hydrogens (tertiary/aromatic N) is 3. The molecule has 1 atom stereocenters. The molecule has 1 fully saturated rings. The molecular formula is C13H23N5O. The Hall–Kier alpha value is -1.56. The highest BCUT2D eigenvalue weighted by atomic mass is 16.5. The highest BCUT2D eigenvalue weighted by Gasteiger charge is 2.15. The van der Waals surface area contributed by atoms with E-state index in [9.17, 15) is 0 Å². The number of hydrogen-bond donors (Lipinski definition) is 2. The van der Waals surface area contributed by atoms with Crippen LogP contribution in [0, 0.1) is 6.92 Å². The van der Waals surface area contributed by atoms with Crippen LogP contribution in [-0.2, 0) is 11.3 Å². The average molecular weight is 265 g/mol. The van der Waals surface area contributed by atoms with Crippen molar-refractivity contribution in [1.82, 2.24) is 20.2 Å². The Morgan fingerprint density at radius 3 is 3.11 bits per heavy atom. The number of aromatic nitrogens is 2. The van der Waals surface area contributed by atoms with Crippen LogP contribution >= 0.6 is 0 Å². The Morgan fingerprint density at radius 1 is 1.58 bits per heavy atom. The molecular weight excluding hydrogens is 242 g/mol. The zero-order chi connectivity index (χ0) is 13.5. The first-order valence-electron chi connectivity index (χ1n) is 6.83. The van der Waals surface area contributed by atoms with E-state index >= 15 is 0 Å². The van der Waals surface area contributed by atoms with Crippen LogP contribution in [0.5, 0.6) is 0 Å². The van der Waals surface area contributed by atoms with Gasteiger partial charge in [0.2, 0.25) is 0 Å². The molecule has 0 amide bonds. The largest absolute Gasteiger partial charge is 0.376 e. The second-order valence-corrected chi connectivity index (χ2v) is 4.68. The van der Waals surface area contributed by atoms with E-state index in [1.807, 2.05) is 19.3 Å². The van der Waals surface area contributed by atoms with E-state index in [0.29, 0.717) is 6.10 Å². The molecule has 2 heterocycles. The van der Waals surface area contributed by atoms with Gasteiger partial charge in [-0.15, -0.1) is 0 Å². The highest BCUT2D eigenvalue weighted by molar-refractivity contribution is 5.79. The van der Waals surface area contributed by atoms with Crippen molar-refractivity contribution in [1.29, 1.82) is 0 Å². The van der Waals surface area contributed by atoms with Gasteiger partial charge in [-0.1, -0.05) is 0 Å². The third-order valence-corrected chi connectivity index (χ3v) is 3.31. The molecule has 0 bridgehead atoms. The van der Waals surface area contributed by atoms with Crippen molar-refractivity contribution in [2.45, 2.75) is 32.4 Å². The maximum atomic E-state index is 5.57. The van der Waals surface area contributed by atoms with Gasteiger partial charge in [-0.25, -0.2) is 4.98 Å². The van der Waals surface area contributed by atoms with Crippen molar-refractivity contribution in [2.24, 2.45) is 4.99 Å². The Bertz CT molecular complexity index is 409. The van der Waals surface area contributed by atoms with Crippen LogP contribution in [-0.4, -0.2) is 48.4 Å². The summed E-state index contributed by atoms with van der Waals surface area (Å²) in [5, 5.41) is 6.59. The summed E-state index contributed by atoms with van der Waals surface area (Å²) >= 11 is 0.